The summed E-state index contributed by atoms with van der Waals surface area (Å²) in [6, 6.07) is 8.84. The van der Waals surface area contributed by atoms with E-state index in [4.69, 9.17) is 4.74 Å². The van der Waals surface area contributed by atoms with Crippen LogP contribution < -0.4 is 15.0 Å². The molecule has 2 aromatic carbocycles. The van der Waals surface area contributed by atoms with Crippen LogP contribution in [0.15, 0.2) is 42.5 Å². The quantitative estimate of drug-likeness (QED) is 0.835. The molecule has 28 heavy (non-hydrogen) atoms. The molecule has 0 spiro atoms. The second-order valence-electron chi connectivity index (χ2n) is 6.42. The molecule has 0 aliphatic carbocycles. The first-order chi connectivity index (χ1) is 13.3. The number of hydrogen-bond acceptors (Lipinski definition) is 3. The van der Waals surface area contributed by atoms with E-state index in [2.05, 4.69) is 5.32 Å². The number of nitrogens with one attached hydrogen (secondary N) is 1. The van der Waals surface area contributed by atoms with Crippen molar-refractivity contribution in [1.82, 2.24) is 0 Å². The average molecular weight is 392 g/mol. The summed E-state index contributed by atoms with van der Waals surface area (Å²) < 4.78 is 43.3. The van der Waals surface area contributed by atoms with Crippen molar-refractivity contribution in [1.29, 1.82) is 0 Å². The molecule has 3 rings (SSSR count). The number of anilines is 2. The van der Waals surface area contributed by atoms with Gasteiger partial charge in [0.1, 0.15) is 5.75 Å². The number of hydrogen-bond donors (Lipinski definition) is 1. The first-order valence-corrected chi connectivity index (χ1v) is 8.76. The lowest BCUT2D eigenvalue weighted by molar-refractivity contribution is -0.137. The van der Waals surface area contributed by atoms with Crippen molar-refractivity contribution >= 4 is 23.2 Å². The molecule has 2 aromatic rings. The highest BCUT2D eigenvalue weighted by Gasteiger charge is 2.30. The third-order valence-corrected chi connectivity index (χ3v) is 4.53. The first kappa shape index (κ1) is 19.7. The number of carbonyl (C=O) groups is 2. The molecule has 1 aliphatic heterocycles. The molecule has 5 nitrogen and oxygen atoms in total. The standard InChI is InChI=1S/C20H19F3N2O3/c1-28-17-10-9-15(12-16(17)25-11-3-2-4-18(25)26)24-19(27)13-5-7-14(8-6-13)20(21,22)23/h5-10,12H,2-4,11H2,1H3,(H,24,27). The summed E-state index contributed by atoms with van der Waals surface area (Å²) in [7, 11) is 1.49. The van der Waals surface area contributed by atoms with Gasteiger partial charge in [-0.3, -0.25) is 9.59 Å². The Bertz CT molecular complexity index is 879. The monoisotopic (exact) mass is 392 g/mol. The van der Waals surface area contributed by atoms with Crippen molar-refractivity contribution in [3.05, 3.63) is 53.6 Å². The van der Waals surface area contributed by atoms with Crippen LogP contribution in [0.4, 0.5) is 24.5 Å². The second-order valence-corrected chi connectivity index (χ2v) is 6.42. The predicted octanol–water partition coefficient (Wildman–Crippen LogP) is 4.48. The minimum atomic E-state index is -4.46. The highest BCUT2D eigenvalue weighted by Crippen LogP contribution is 2.34. The summed E-state index contributed by atoms with van der Waals surface area (Å²) in [5, 5.41) is 2.65. The minimum absolute atomic E-state index is 0.0178. The number of carbonyl (C=O) groups excluding carboxylic acids is 2. The maximum atomic E-state index is 12.6. The van der Waals surface area contributed by atoms with Gasteiger partial charge in [0, 0.05) is 24.2 Å². The zero-order valence-corrected chi connectivity index (χ0v) is 15.2. The van der Waals surface area contributed by atoms with E-state index in [9.17, 15) is 22.8 Å². The van der Waals surface area contributed by atoms with Crippen LogP contribution in [0.5, 0.6) is 5.75 Å². The van der Waals surface area contributed by atoms with Gasteiger partial charge in [-0.25, -0.2) is 0 Å². The number of benzene rings is 2. The molecule has 0 radical (unpaired) electrons. The van der Waals surface area contributed by atoms with Crippen LogP contribution in [0.2, 0.25) is 0 Å². The molecule has 1 aliphatic rings. The zero-order valence-electron chi connectivity index (χ0n) is 15.2. The summed E-state index contributed by atoms with van der Waals surface area (Å²) in [5.74, 6) is -0.0617. The largest absolute Gasteiger partial charge is 0.495 e. The molecule has 8 heteroatoms. The lowest BCUT2D eigenvalue weighted by Gasteiger charge is -2.28. The molecule has 0 atom stereocenters. The molecule has 0 bridgehead atoms. The fraction of sp³-hybridized carbons (Fsp3) is 0.300. The predicted molar refractivity (Wildman–Crippen MR) is 98.6 cm³/mol. The van der Waals surface area contributed by atoms with Crippen LogP contribution in [-0.2, 0) is 11.0 Å². The van der Waals surface area contributed by atoms with Gasteiger partial charge in [0.25, 0.3) is 5.91 Å². The number of nitrogens with zero attached hydrogens (tertiary/aromatic N) is 1. The molecule has 148 valence electrons. The Hall–Kier alpha value is -3.03. The summed E-state index contributed by atoms with van der Waals surface area (Å²) in [5.41, 5.74) is 0.246. The molecule has 1 fully saturated rings. The van der Waals surface area contributed by atoms with E-state index in [-0.39, 0.29) is 11.5 Å². The summed E-state index contributed by atoms with van der Waals surface area (Å²) in [6.45, 7) is 0.561. The van der Waals surface area contributed by atoms with Crippen LogP contribution in [0.1, 0.15) is 35.2 Å². The van der Waals surface area contributed by atoms with Crippen molar-refractivity contribution in [2.24, 2.45) is 0 Å². The van der Waals surface area contributed by atoms with Crippen molar-refractivity contribution in [3.63, 3.8) is 0 Å². The van der Waals surface area contributed by atoms with E-state index in [0.29, 0.717) is 30.1 Å². The fourth-order valence-electron chi connectivity index (χ4n) is 3.05. The SMILES string of the molecule is COc1ccc(NC(=O)c2ccc(C(F)(F)F)cc2)cc1N1CCCCC1=O. The van der Waals surface area contributed by atoms with Gasteiger partial charge in [0.05, 0.1) is 18.4 Å². The number of methoxy groups -OCH3 is 1. The van der Waals surface area contributed by atoms with Gasteiger partial charge in [-0.2, -0.15) is 13.2 Å². The first-order valence-electron chi connectivity index (χ1n) is 8.76. The fourth-order valence-corrected chi connectivity index (χ4v) is 3.05. The van der Waals surface area contributed by atoms with Gasteiger partial charge in [-0.15, -0.1) is 0 Å². The number of ether oxygens (including phenoxy) is 1. The highest BCUT2D eigenvalue weighted by atomic mass is 19.4. The Labute approximate surface area is 160 Å². The average Bonchev–Trinajstić information content (AvgIpc) is 2.68. The molecule has 0 unspecified atom stereocenters. The third kappa shape index (κ3) is 4.27. The Balaban J connectivity index is 1.81. The van der Waals surface area contributed by atoms with E-state index in [1.54, 1.807) is 23.1 Å². The van der Waals surface area contributed by atoms with E-state index in [1.807, 2.05) is 0 Å². The number of halogens is 3. The van der Waals surface area contributed by atoms with Crippen molar-refractivity contribution in [2.45, 2.75) is 25.4 Å². The Morgan fingerprint density at radius 2 is 1.82 bits per heavy atom. The Morgan fingerprint density at radius 3 is 2.43 bits per heavy atom. The van der Waals surface area contributed by atoms with Crippen molar-refractivity contribution < 1.29 is 27.5 Å². The topological polar surface area (TPSA) is 58.6 Å². The van der Waals surface area contributed by atoms with E-state index < -0.39 is 17.6 Å². The number of rotatable bonds is 4. The van der Waals surface area contributed by atoms with Crippen LogP contribution in [0.3, 0.4) is 0 Å². The zero-order chi connectivity index (χ0) is 20.3. The molecule has 2 amide bonds. The van der Waals surface area contributed by atoms with Gasteiger partial charge in [0.15, 0.2) is 0 Å². The summed E-state index contributed by atoms with van der Waals surface area (Å²) >= 11 is 0. The lowest BCUT2D eigenvalue weighted by Crippen LogP contribution is -2.35. The summed E-state index contributed by atoms with van der Waals surface area (Å²) in [4.78, 5) is 26.2. The molecule has 1 heterocycles. The van der Waals surface area contributed by atoms with Crippen molar-refractivity contribution in [2.75, 3.05) is 23.9 Å². The maximum absolute atomic E-state index is 12.6. The van der Waals surface area contributed by atoms with Gasteiger partial charge in [-0.05, 0) is 55.3 Å². The van der Waals surface area contributed by atoms with E-state index in [0.717, 1.165) is 37.1 Å². The molecule has 0 aromatic heterocycles. The molecule has 0 saturated carbocycles. The van der Waals surface area contributed by atoms with Crippen molar-refractivity contribution in [3.8, 4) is 5.75 Å². The highest BCUT2D eigenvalue weighted by molar-refractivity contribution is 6.05. The van der Waals surface area contributed by atoms with Crippen LogP contribution in [-0.4, -0.2) is 25.5 Å². The van der Waals surface area contributed by atoms with Gasteiger partial charge >= 0.3 is 6.18 Å². The normalized spacial score (nSPS) is 14.7. The smallest absolute Gasteiger partial charge is 0.416 e. The second kappa shape index (κ2) is 7.92. The number of amides is 2. The summed E-state index contributed by atoms with van der Waals surface area (Å²) in [6.07, 6.45) is -2.30. The number of piperidine rings is 1. The van der Waals surface area contributed by atoms with Crippen LogP contribution in [0.25, 0.3) is 0 Å². The van der Waals surface area contributed by atoms with E-state index in [1.165, 1.54) is 7.11 Å². The molecule has 1 saturated heterocycles. The Morgan fingerprint density at radius 1 is 1.11 bits per heavy atom. The lowest BCUT2D eigenvalue weighted by atomic mass is 10.1. The minimum Gasteiger partial charge on any atom is -0.495 e. The van der Waals surface area contributed by atoms with Crippen LogP contribution in [0, 0.1) is 0 Å². The molecular formula is C20H19F3N2O3. The Kier molecular flexibility index (Phi) is 5.58. The molecular weight excluding hydrogens is 373 g/mol. The third-order valence-electron chi connectivity index (χ3n) is 4.53. The van der Waals surface area contributed by atoms with E-state index >= 15 is 0 Å². The maximum Gasteiger partial charge on any atom is 0.416 e. The number of alkyl halides is 3. The molecule has 1 N–H and O–H groups in total. The van der Waals surface area contributed by atoms with Gasteiger partial charge < -0.3 is 15.0 Å². The van der Waals surface area contributed by atoms with Gasteiger partial charge in [0.2, 0.25) is 5.91 Å². The van der Waals surface area contributed by atoms with Gasteiger partial charge in [-0.1, -0.05) is 0 Å². The van der Waals surface area contributed by atoms with Crippen LogP contribution >= 0.6 is 0 Å².